The summed E-state index contributed by atoms with van der Waals surface area (Å²) in [6.45, 7) is 6.30. The molecule has 0 aromatic rings. The lowest BCUT2D eigenvalue weighted by molar-refractivity contribution is -0.167. The van der Waals surface area contributed by atoms with E-state index < -0.39 is 6.10 Å². The van der Waals surface area contributed by atoms with Gasteiger partial charge < -0.3 is 14.2 Å². The number of ether oxygens (including phenoxy) is 3. The molecule has 0 aromatic carbocycles. The molecule has 0 saturated heterocycles. The Labute approximate surface area is 405 Å². The first-order valence-corrected chi connectivity index (χ1v) is 26.6. The maximum absolute atomic E-state index is 12.8. The number of hydrogen-bond acceptors (Lipinski definition) is 6. The molecule has 66 heavy (non-hydrogen) atoms. The first kappa shape index (κ1) is 61.8. The van der Waals surface area contributed by atoms with E-state index in [4.69, 9.17) is 14.2 Å². The Kier molecular flexibility index (Phi) is 50.0. The van der Waals surface area contributed by atoms with Crippen LogP contribution in [-0.4, -0.2) is 37.2 Å². The molecule has 0 saturated carbocycles. The van der Waals surface area contributed by atoms with Crippen LogP contribution < -0.4 is 0 Å². The molecule has 0 heterocycles. The molecule has 1 unspecified atom stereocenters. The molecule has 6 nitrogen and oxygen atoms in total. The van der Waals surface area contributed by atoms with Crippen LogP contribution in [0.5, 0.6) is 0 Å². The van der Waals surface area contributed by atoms with Crippen molar-refractivity contribution >= 4 is 17.9 Å². The van der Waals surface area contributed by atoms with E-state index in [0.29, 0.717) is 19.3 Å². The molecule has 1 atom stereocenters. The Hall–Kier alpha value is -4.19. The van der Waals surface area contributed by atoms with E-state index >= 15 is 0 Å². The van der Waals surface area contributed by atoms with Gasteiger partial charge in [-0.2, -0.15) is 0 Å². The van der Waals surface area contributed by atoms with Crippen molar-refractivity contribution in [3.05, 3.63) is 122 Å². The summed E-state index contributed by atoms with van der Waals surface area (Å²) in [4.78, 5) is 38.0. The highest BCUT2D eigenvalue weighted by Crippen LogP contribution is 2.13. The highest BCUT2D eigenvalue weighted by atomic mass is 16.6. The van der Waals surface area contributed by atoms with Gasteiger partial charge in [0.05, 0.1) is 0 Å². The van der Waals surface area contributed by atoms with Gasteiger partial charge in [-0.1, -0.05) is 219 Å². The zero-order chi connectivity index (χ0) is 47.9. The van der Waals surface area contributed by atoms with Gasteiger partial charge in [0.25, 0.3) is 0 Å². The average molecular weight is 913 g/mol. The zero-order valence-corrected chi connectivity index (χ0v) is 42.4. The number of hydrogen-bond donors (Lipinski definition) is 0. The van der Waals surface area contributed by atoms with E-state index in [0.717, 1.165) is 116 Å². The molecule has 372 valence electrons. The van der Waals surface area contributed by atoms with Crippen molar-refractivity contribution in [1.29, 1.82) is 0 Å². The Morgan fingerprint density at radius 3 is 1.14 bits per heavy atom. The smallest absolute Gasteiger partial charge is 0.306 e. The van der Waals surface area contributed by atoms with Crippen LogP contribution in [0.2, 0.25) is 0 Å². The summed E-state index contributed by atoms with van der Waals surface area (Å²) < 4.78 is 16.8. The zero-order valence-electron chi connectivity index (χ0n) is 42.4. The second-order valence-electron chi connectivity index (χ2n) is 17.1. The molecule has 0 fully saturated rings. The van der Waals surface area contributed by atoms with Crippen LogP contribution in [0.3, 0.4) is 0 Å². The largest absolute Gasteiger partial charge is 0.462 e. The molecule has 0 aliphatic heterocycles. The molecular formula is C60H96O6. The van der Waals surface area contributed by atoms with Crippen molar-refractivity contribution in [2.45, 2.75) is 226 Å². The van der Waals surface area contributed by atoms with Gasteiger partial charge in [0.2, 0.25) is 0 Å². The van der Waals surface area contributed by atoms with Gasteiger partial charge in [-0.3, -0.25) is 14.4 Å². The van der Waals surface area contributed by atoms with Crippen molar-refractivity contribution in [3.63, 3.8) is 0 Å². The SMILES string of the molecule is CC\C=C/C=C\C=C/C=C\C=C/CCCCCC(=O)OC(COC(=O)CCCCC/C=C\CCCCCCCCC)COC(=O)CCCCCCCC/C=C\C/C=C\C/C=C\C/C=C\CC. The predicted molar refractivity (Wildman–Crippen MR) is 283 cm³/mol. The quantitative estimate of drug-likeness (QED) is 0.0199. The number of rotatable bonds is 46. The van der Waals surface area contributed by atoms with Gasteiger partial charge in [-0.15, -0.1) is 0 Å². The minimum atomic E-state index is -0.816. The average Bonchev–Trinajstić information content (AvgIpc) is 3.31. The summed E-state index contributed by atoms with van der Waals surface area (Å²) in [7, 11) is 0. The summed E-state index contributed by atoms with van der Waals surface area (Å²) in [6, 6.07) is 0. The van der Waals surface area contributed by atoms with Gasteiger partial charge >= 0.3 is 17.9 Å². The molecule has 0 aliphatic rings. The van der Waals surface area contributed by atoms with Crippen LogP contribution in [0, 0.1) is 0 Å². The Balaban J connectivity index is 4.51. The van der Waals surface area contributed by atoms with Crippen LogP contribution in [0.4, 0.5) is 0 Å². The normalized spacial score (nSPS) is 13.1. The predicted octanol–water partition coefficient (Wildman–Crippen LogP) is 17.7. The van der Waals surface area contributed by atoms with Crippen LogP contribution >= 0.6 is 0 Å². The summed E-state index contributed by atoms with van der Waals surface area (Å²) in [5.74, 6) is -0.988. The Bertz CT molecular complexity index is 1420. The van der Waals surface area contributed by atoms with Gasteiger partial charge in [0.15, 0.2) is 6.10 Å². The lowest BCUT2D eigenvalue weighted by atomic mass is 10.1. The number of carbonyl (C=O) groups is 3. The monoisotopic (exact) mass is 913 g/mol. The van der Waals surface area contributed by atoms with E-state index in [9.17, 15) is 14.4 Å². The third kappa shape index (κ3) is 50.8. The molecule has 0 aliphatic carbocycles. The first-order valence-electron chi connectivity index (χ1n) is 26.6. The number of carbonyl (C=O) groups excluding carboxylic acids is 3. The summed E-state index contributed by atoms with van der Waals surface area (Å²) in [5.41, 5.74) is 0. The molecule has 0 N–H and O–H groups in total. The van der Waals surface area contributed by atoms with Crippen LogP contribution in [0.25, 0.3) is 0 Å². The van der Waals surface area contributed by atoms with Crippen molar-refractivity contribution in [1.82, 2.24) is 0 Å². The second-order valence-corrected chi connectivity index (χ2v) is 17.1. The molecule has 6 heteroatoms. The van der Waals surface area contributed by atoms with Gasteiger partial charge in [0, 0.05) is 19.3 Å². The van der Waals surface area contributed by atoms with E-state index in [1.807, 2.05) is 48.6 Å². The molecule has 0 radical (unpaired) electrons. The summed E-state index contributed by atoms with van der Waals surface area (Å²) >= 11 is 0. The third-order valence-electron chi connectivity index (χ3n) is 10.8. The maximum atomic E-state index is 12.8. The van der Waals surface area contributed by atoms with Crippen LogP contribution in [0.15, 0.2) is 122 Å². The fourth-order valence-electron chi connectivity index (χ4n) is 6.86. The third-order valence-corrected chi connectivity index (χ3v) is 10.8. The number of allylic oxidation sites excluding steroid dienone is 20. The van der Waals surface area contributed by atoms with Crippen molar-refractivity contribution in [3.8, 4) is 0 Å². The summed E-state index contributed by atoms with van der Waals surface area (Å²) in [6.07, 6.45) is 73.2. The highest BCUT2D eigenvalue weighted by Gasteiger charge is 2.19. The molecule has 0 rings (SSSR count). The van der Waals surface area contributed by atoms with Crippen molar-refractivity contribution in [2.24, 2.45) is 0 Å². The first-order chi connectivity index (χ1) is 32.5. The van der Waals surface area contributed by atoms with Crippen molar-refractivity contribution in [2.75, 3.05) is 13.2 Å². The maximum Gasteiger partial charge on any atom is 0.306 e. The lowest BCUT2D eigenvalue weighted by Gasteiger charge is -2.18. The van der Waals surface area contributed by atoms with Gasteiger partial charge in [0.1, 0.15) is 13.2 Å². The molecular weight excluding hydrogens is 817 g/mol. The lowest BCUT2D eigenvalue weighted by Crippen LogP contribution is -2.30. The van der Waals surface area contributed by atoms with E-state index in [-0.39, 0.29) is 37.5 Å². The Morgan fingerprint density at radius 2 is 0.667 bits per heavy atom. The summed E-state index contributed by atoms with van der Waals surface area (Å²) in [5, 5.41) is 0. The Morgan fingerprint density at radius 1 is 0.333 bits per heavy atom. The van der Waals surface area contributed by atoms with Gasteiger partial charge in [-0.05, 0) is 103 Å². The number of unbranched alkanes of at least 4 members (excludes halogenated alkanes) is 19. The topological polar surface area (TPSA) is 78.9 Å². The molecule has 0 aromatic heterocycles. The minimum absolute atomic E-state index is 0.111. The minimum Gasteiger partial charge on any atom is -0.462 e. The van der Waals surface area contributed by atoms with Crippen LogP contribution in [-0.2, 0) is 28.6 Å². The van der Waals surface area contributed by atoms with Gasteiger partial charge in [-0.25, -0.2) is 0 Å². The van der Waals surface area contributed by atoms with E-state index in [1.165, 1.54) is 57.8 Å². The van der Waals surface area contributed by atoms with E-state index in [2.05, 4.69) is 93.7 Å². The second kappa shape index (κ2) is 53.4. The molecule has 0 amide bonds. The standard InChI is InChI=1S/C60H96O6/c1-4-7-10-13-16-19-22-25-28-29-30-31-33-35-38-41-44-47-50-53-59(62)65-56-57(55-64-58(61)52-49-46-43-40-37-34-27-24-21-18-15-12-9-6-3)66-60(63)54-51-48-45-42-39-36-32-26-23-20-17-14-11-8-5-2/h7-8,10-11,14,16-17,19-20,23,25-26,28,30-32,34,36-37,39,57H,4-6,9,12-13,15,18,21-22,24,27,29,33,35,38,40-56H2,1-3H3/b10-7-,11-8-,17-14-,19-16-,23-20-,28-25-,31-30-,32-26-,37-34-,39-36-. The fourth-order valence-corrected chi connectivity index (χ4v) is 6.86. The highest BCUT2D eigenvalue weighted by molar-refractivity contribution is 5.71. The van der Waals surface area contributed by atoms with Crippen molar-refractivity contribution < 1.29 is 28.6 Å². The van der Waals surface area contributed by atoms with Crippen LogP contribution in [0.1, 0.15) is 220 Å². The number of esters is 3. The molecule has 0 spiro atoms. The van der Waals surface area contributed by atoms with E-state index in [1.54, 1.807) is 0 Å². The fraction of sp³-hybridized carbons (Fsp3) is 0.617. The molecule has 0 bridgehead atoms.